The fourth-order valence-electron chi connectivity index (χ4n) is 1.59. The third kappa shape index (κ3) is 3.47. The number of furan rings is 1. The summed E-state index contributed by atoms with van der Waals surface area (Å²) in [4.78, 5) is 19.1. The van der Waals surface area contributed by atoms with Gasteiger partial charge in [-0.1, -0.05) is 0 Å². The van der Waals surface area contributed by atoms with Crippen molar-refractivity contribution in [3.63, 3.8) is 0 Å². The van der Waals surface area contributed by atoms with Gasteiger partial charge >= 0.3 is 5.97 Å². The van der Waals surface area contributed by atoms with Crippen LogP contribution in [0.2, 0.25) is 0 Å². The van der Waals surface area contributed by atoms with Gasteiger partial charge in [-0.25, -0.2) is 9.78 Å². The molecule has 2 aromatic rings. The van der Waals surface area contributed by atoms with Gasteiger partial charge in [0, 0.05) is 11.8 Å². The van der Waals surface area contributed by atoms with Crippen molar-refractivity contribution < 1.29 is 19.1 Å². The van der Waals surface area contributed by atoms with Gasteiger partial charge in [0.15, 0.2) is 0 Å². The van der Waals surface area contributed by atoms with E-state index in [-0.39, 0.29) is 5.76 Å². The van der Waals surface area contributed by atoms with Crippen molar-refractivity contribution >= 4 is 11.9 Å². The van der Waals surface area contributed by atoms with Crippen LogP contribution in [0.15, 0.2) is 22.6 Å². The summed E-state index contributed by atoms with van der Waals surface area (Å²) in [5.74, 6) is 0.198. The van der Waals surface area contributed by atoms with Crippen molar-refractivity contribution in [2.45, 2.75) is 20.4 Å². The molecule has 0 aromatic carbocycles. The van der Waals surface area contributed by atoms with Gasteiger partial charge in [0.25, 0.3) is 0 Å². The number of aryl methyl sites for hydroxylation is 1. The number of ether oxygens (including phenoxy) is 1. The Balaban J connectivity index is 2.04. The number of nitrogens with one attached hydrogen (secondary N) is 1. The Morgan fingerprint density at radius 1 is 1.45 bits per heavy atom. The van der Waals surface area contributed by atoms with Gasteiger partial charge in [0.1, 0.15) is 5.76 Å². The molecule has 7 heteroatoms. The van der Waals surface area contributed by atoms with Crippen LogP contribution in [0, 0.1) is 6.92 Å². The Kier molecular flexibility index (Phi) is 4.19. The van der Waals surface area contributed by atoms with Crippen LogP contribution >= 0.6 is 0 Å². The zero-order chi connectivity index (χ0) is 14.5. The quantitative estimate of drug-likeness (QED) is 0.834. The Morgan fingerprint density at radius 2 is 2.25 bits per heavy atom. The maximum absolute atomic E-state index is 10.7. The maximum atomic E-state index is 10.7. The van der Waals surface area contributed by atoms with Crippen LogP contribution in [-0.2, 0) is 6.54 Å². The lowest BCUT2D eigenvalue weighted by Crippen LogP contribution is -2.05. The Morgan fingerprint density at radius 3 is 2.90 bits per heavy atom. The van der Waals surface area contributed by atoms with Crippen molar-refractivity contribution in [3.8, 4) is 5.88 Å². The molecule has 0 aliphatic carbocycles. The summed E-state index contributed by atoms with van der Waals surface area (Å²) >= 11 is 0. The number of aromatic carboxylic acids is 1. The molecule has 0 aliphatic heterocycles. The molecule has 106 valence electrons. The molecule has 2 N–H and O–H groups in total. The van der Waals surface area contributed by atoms with Crippen LogP contribution in [0.25, 0.3) is 0 Å². The molecule has 0 atom stereocenters. The predicted octanol–water partition coefficient (Wildman–Crippen LogP) is 2.09. The number of aromatic nitrogens is 2. The van der Waals surface area contributed by atoms with E-state index in [1.165, 1.54) is 6.07 Å². The number of hydrogen-bond acceptors (Lipinski definition) is 6. The monoisotopic (exact) mass is 277 g/mol. The van der Waals surface area contributed by atoms with Crippen molar-refractivity contribution in [1.82, 2.24) is 9.97 Å². The lowest BCUT2D eigenvalue weighted by atomic mass is 10.4. The number of nitrogens with zero attached hydrogens (tertiary/aromatic N) is 2. The van der Waals surface area contributed by atoms with Gasteiger partial charge in [0.2, 0.25) is 17.6 Å². The van der Waals surface area contributed by atoms with Crippen LogP contribution in [0.1, 0.15) is 28.9 Å². The number of anilines is 1. The molecule has 0 unspecified atom stereocenters. The van der Waals surface area contributed by atoms with Crippen molar-refractivity contribution in [1.29, 1.82) is 0 Å². The standard InChI is InChI=1S/C13H15N3O4/c1-3-19-11-6-8(2)15-13(16-11)14-7-9-4-5-10(20-9)12(17)18/h4-6H,3,7H2,1-2H3,(H,17,18)(H,14,15,16). The van der Waals surface area contributed by atoms with E-state index < -0.39 is 5.97 Å². The van der Waals surface area contributed by atoms with Crippen molar-refractivity contribution in [2.24, 2.45) is 0 Å². The highest BCUT2D eigenvalue weighted by molar-refractivity contribution is 5.84. The lowest BCUT2D eigenvalue weighted by Gasteiger charge is -2.07. The summed E-state index contributed by atoms with van der Waals surface area (Å²) in [5.41, 5.74) is 0.775. The van der Waals surface area contributed by atoms with Crippen molar-refractivity contribution in [2.75, 3.05) is 11.9 Å². The minimum Gasteiger partial charge on any atom is -0.478 e. The lowest BCUT2D eigenvalue weighted by molar-refractivity contribution is 0.0660. The molecule has 2 heterocycles. The van der Waals surface area contributed by atoms with E-state index in [9.17, 15) is 4.79 Å². The number of carboxylic acid groups (broad SMARTS) is 1. The molecule has 2 aromatic heterocycles. The van der Waals surface area contributed by atoms with E-state index in [0.717, 1.165) is 5.69 Å². The van der Waals surface area contributed by atoms with Crippen LogP contribution in [0.3, 0.4) is 0 Å². The van der Waals surface area contributed by atoms with Crippen LogP contribution in [-0.4, -0.2) is 27.7 Å². The fourth-order valence-corrected chi connectivity index (χ4v) is 1.59. The first-order chi connectivity index (χ1) is 9.58. The average Bonchev–Trinajstić information content (AvgIpc) is 2.85. The first kappa shape index (κ1) is 13.9. The van der Waals surface area contributed by atoms with Gasteiger partial charge in [-0.05, 0) is 26.0 Å². The Bertz CT molecular complexity index is 609. The minimum absolute atomic E-state index is 0.0954. The zero-order valence-electron chi connectivity index (χ0n) is 11.2. The SMILES string of the molecule is CCOc1cc(C)nc(NCc2ccc(C(=O)O)o2)n1. The van der Waals surface area contributed by atoms with Gasteiger partial charge < -0.3 is 19.6 Å². The Hall–Kier alpha value is -2.57. The molecule has 0 spiro atoms. The first-order valence-electron chi connectivity index (χ1n) is 6.13. The number of hydrogen-bond donors (Lipinski definition) is 2. The highest BCUT2D eigenvalue weighted by Gasteiger charge is 2.09. The van der Waals surface area contributed by atoms with Crippen LogP contribution < -0.4 is 10.1 Å². The van der Waals surface area contributed by atoms with E-state index in [4.69, 9.17) is 14.3 Å². The second-order valence-corrected chi connectivity index (χ2v) is 4.03. The summed E-state index contributed by atoms with van der Waals surface area (Å²) in [6.45, 7) is 4.53. The fraction of sp³-hybridized carbons (Fsp3) is 0.308. The molecule has 0 bridgehead atoms. The summed E-state index contributed by atoms with van der Waals surface area (Å²) in [6, 6.07) is 4.74. The van der Waals surface area contributed by atoms with Gasteiger partial charge in [0.05, 0.1) is 13.2 Å². The zero-order valence-corrected chi connectivity index (χ0v) is 11.2. The number of carbonyl (C=O) groups is 1. The molecule has 0 amide bonds. The van der Waals surface area contributed by atoms with Crippen molar-refractivity contribution in [3.05, 3.63) is 35.4 Å². The van der Waals surface area contributed by atoms with Gasteiger partial charge in [-0.3, -0.25) is 0 Å². The topological polar surface area (TPSA) is 97.5 Å². The molecule has 7 nitrogen and oxygen atoms in total. The van der Waals surface area contributed by atoms with Gasteiger partial charge in [-0.15, -0.1) is 0 Å². The van der Waals surface area contributed by atoms with E-state index in [2.05, 4.69) is 15.3 Å². The minimum atomic E-state index is -1.10. The van der Waals surface area contributed by atoms with Crippen LogP contribution in [0.5, 0.6) is 5.88 Å². The average molecular weight is 277 g/mol. The maximum Gasteiger partial charge on any atom is 0.371 e. The summed E-state index contributed by atoms with van der Waals surface area (Å²) in [6.07, 6.45) is 0. The number of carboxylic acids is 1. The highest BCUT2D eigenvalue weighted by atomic mass is 16.5. The third-order valence-electron chi connectivity index (χ3n) is 2.42. The molecular formula is C13H15N3O4. The van der Waals surface area contributed by atoms with Crippen LogP contribution in [0.4, 0.5) is 5.95 Å². The second kappa shape index (κ2) is 6.05. The molecule has 0 aliphatic rings. The van der Waals surface area contributed by atoms with E-state index in [1.54, 1.807) is 12.1 Å². The molecule has 0 radical (unpaired) electrons. The highest BCUT2D eigenvalue weighted by Crippen LogP contribution is 2.14. The number of rotatable bonds is 6. The molecule has 20 heavy (non-hydrogen) atoms. The molecule has 0 fully saturated rings. The second-order valence-electron chi connectivity index (χ2n) is 4.03. The largest absolute Gasteiger partial charge is 0.478 e. The predicted molar refractivity (Wildman–Crippen MR) is 70.9 cm³/mol. The normalized spacial score (nSPS) is 10.3. The third-order valence-corrected chi connectivity index (χ3v) is 2.42. The van der Waals surface area contributed by atoms with E-state index in [1.807, 2.05) is 13.8 Å². The summed E-state index contributed by atoms with van der Waals surface area (Å²) in [5, 5.41) is 11.7. The first-order valence-corrected chi connectivity index (χ1v) is 6.13. The molecule has 0 saturated carbocycles. The van der Waals surface area contributed by atoms with E-state index >= 15 is 0 Å². The molecular weight excluding hydrogens is 262 g/mol. The molecule has 2 rings (SSSR count). The van der Waals surface area contributed by atoms with E-state index in [0.29, 0.717) is 30.7 Å². The van der Waals surface area contributed by atoms with Gasteiger partial charge in [-0.2, -0.15) is 4.98 Å². The Labute approximate surface area is 115 Å². The summed E-state index contributed by atoms with van der Waals surface area (Å²) < 4.78 is 10.4. The summed E-state index contributed by atoms with van der Waals surface area (Å²) in [7, 11) is 0. The smallest absolute Gasteiger partial charge is 0.371 e. The molecule has 0 saturated heterocycles.